The number of halogens is 1. The first kappa shape index (κ1) is 17.3. The third-order valence-corrected chi connectivity index (χ3v) is 4.51. The van der Waals surface area contributed by atoms with Crippen LogP contribution in [0.15, 0.2) is 71.1 Å². The highest BCUT2D eigenvalue weighted by molar-refractivity contribution is 5.92. The van der Waals surface area contributed by atoms with E-state index < -0.39 is 0 Å². The van der Waals surface area contributed by atoms with Gasteiger partial charge in [-0.1, -0.05) is 30.3 Å². The predicted molar refractivity (Wildman–Crippen MR) is 98.8 cm³/mol. The minimum absolute atomic E-state index is 0.146. The molecule has 1 aromatic heterocycles. The van der Waals surface area contributed by atoms with Crippen molar-refractivity contribution in [3.05, 3.63) is 89.6 Å². The maximum atomic E-state index is 13.1. The van der Waals surface area contributed by atoms with E-state index in [1.165, 1.54) is 12.1 Å². The molecular formula is C22H20FNO3. The number of hydrogen-bond acceptors (Lipinski definition) is 3. The van der Waals surface area contributed by atoms with Gasteiger partial charge in [-0.05, 0) is 54.8 Å². The Kier molecular flexibility index (Phi) is 4.92. The van der Waals surface area contributed by atoms with Gasteiger partial charge < -0.3 is 14.1 Å². The molecule has 1 aliphatic carbocycles. The molecule has 1 saturated carbocycles. The Balaban J connectivity index is 1.42. The molecule has 1 amide bonds. The fourth-order valence-electron chi connectivity index (χ4n) is 2.92. The fraction of sp³-hybridized carbons (Fsp3) is 0.227. The third-order valence-electron chi connectivity index (χ3n) is 4.51. The number of para-hydroxylation sites is 1. The van der Waals surface area contributed by atoms with Crippen LogP contribution in [-0.4, -0.2) is 16.8 Å². The van der Waals surface area contributed by atoms with E-state index in [1.54, 1.807) is 29.2 Å². The zero-order valence-corrected chi connectivity index (χ0v) is 14.8. The lowest BCUT2D eigenvalue weighted by Crippen LogP contribution is -2.32. The summed E-state index contributed by atoms with van der Waals surface area (Å²) in [4.78, 5) is 14.7. The van der Waals surface area contributed by atoms with E-state index in [2.05, 4.69) is 0 Å². The maximum absolute atomic E-state index is 13.1. The van der Waals surface area contributed by atoms with Crippen molar-refractivity contribution in [1.82, 2.24) is 4.90 Å². The Morgan fingerprint density at radius 3 is 2.48 bits per heavy atom. The molecule has 3 aromatic rings. The fourth-order valence-corrected chi connectivity index (χ4v) is 2.92. The van der Waals surface area contributed by atoms with E-state index in [0.29, 0.717) is 18.1 Å². The smallest absolute Gasteiger partial charge is 0.290 e. The highest BCUT2D eigenvalue weighted by atomic mass is 19.1. The monoisotopic (exact) mass is 365 g/mol. The highest BCUT2D eigenvalue weighted by Gasteiger charge is 2.34. The first-order chi connectivity index (χ1) is 13.2. The molecule has 1 aliphatic rings. The number of ether oxygens (including phenoxy) is 1. The van der Waals surface area contributed by atoms with Crippen LogP contribution in [0.25, 0.3) is 0 Å². The van der Waals surface area contributed by atoms with Gasteiger partial charge in [0.05, 0.1) is 0 Å². The van der Waals surface area contributed by atoms with Crippen LogP contribution in [-0.2, 0) is 13.2 Å². The van der Waals surface area contributed by atoms with Crippen LogP contribution in [0.2, 0.25) is 0 Å². The summed E-state index contributed by atoms with van der Waals surface area (Å²) in [6, 6.07) is 19.4. The van der Waals surface area contributed by atoms with Crippen LogP contribution in [0, 0.1) is 5.82 Å². The molecule has 0 aliphatic heterocycles. The van der Waals surface area contributed by atoms with Crippen molar-refractivity contribution in [2.75, 3.05) is 0 Å². The molecule has 138 valence electrons. The number of carbonyl (C=O) groups is 1. The Bertz CT molecular complexity index is 901. The third kappa shape index (κ3) is 4.37. The van der Waals surface area contributed by atoms with Crippen molar-refractivity contribution in [2.45, 2.75) is 32.0 Å². The van der Waals surface area contributed by atoms with Crippen LogP contribution in [0.3, 0.4) is 0 Å². The molecule has 1 heterocycles. The van der Waals surface area contributed by atoms with Crippen LogP contribution in [0.1, 0.15) is 34.7 Å². The zero-order valence-electron chi connectivity index (χ0n) is 14.8. The van der Waals surface area contributed by atoms with E-state index >= 15 is 0 Å². The van der Waals surface area contributed by atoms with Crippen molar-refractivity contribution >= 4 is 5.91 Å². The average Bonchev–Trinajstić information content (AvgIpc) is 3.43. The summed E-state index contributed by atoms with van der Waals surface area (Å²) in [6.45, 7) is 0.707. The summed E-state index contributed by atoms with van der Waals surface area (Å²) in [7, 11) is 0. The summed E-state index contributed by atoms with van der Waals surface area (Å²) in [6.07, 6.45) is 1.97. The second-order valence-electron chi connectivity index (χ2n) is 6.66. The lowest BCUT2D eigenvalue weighted by atomic mass is 10.2. The second-order valence-corrected chi connectivity index (χ2v) is 6.66. The topological polar surface area (TPSA) is 42.7 Å². The van der Waals surface area contributed by atoms with Gasteiger partial charge >= 0.3 is 0 Å². The number of amides is 1. The molecular weight excluding hydrogens is 345 g/mol. The largest absolute Gasteiger partial charge is 0.486 e. The number of hydrogen-bond donors (Lipinski definition) is 0. The summed E-state index contributed by atoms with van der Waals surface area (Å²) in [5.74, 6) is 1.22. The summed E-state index contributed by atoms with van der Waals surface area (Å²) in [5.41, 5.74) is 0.899. The van der Waals surface area contributed by atoms with Gasteiger partial charge in [0.2, 0.25) is 0 Å². The molecule has 0 unspecified atom stereocenters. The molecule has 4 nitrogen and oxygen atoms in total. The van der Waals surface area contributed by atoms with Crippen LogP contribution in [0.4, 0.5) is 4.39 Å². The molecule has 1 fully saturated rings. The Morgan fingerprint density at radius 1 is 1.04 bits per heavy atom. The number of nitrogens with zero attached hydrogens (tertiary/aromatic N) is 1. The normalized spacial score (nSPS) is 13.4. The van der Waals surface area contributed by atoms with Crippen LogP contribution >= 0.6 is 0 Å². The molecule has 5 heteroatoms. The van der Waals surface area contributed by atoms with Gasteiger partial charge in [-0.2, -0.15) is 0 Å². The summed E-state index contributed by atoms with van der Waals surface area (Å²) in [5, 5.41) is 0. The number of furan rings is 1. The van der Waals surface area contributed by atoms with Crippen LogP contribution in [0.5, 0.6) is 5.75 Å². The van der Waals surface area contributed by atoms with E-state index in [0.717, 1.165) is 24.2 Å². The van der Waals surface area contributed by atoms with Crippen molar-refractivity contribution < 1.29 is 18.3 Å². The Hall–Kier alpha value is -3.08. The Labute approximate surface area is 157 Å². The molecule has 0 N–H and O–H groups in total. The molecule has 0 bridgehead atoms. The van der Waals surface area contributed by atoms with Gasteiger partial charge in [-0.15, -0.1) is 0 Å². The van der Waals surface area contributed by atoms with E-state index in [1.807, 2.05) is 30.3 Å². The van der Waals surface area contributed by atoms with Crippen molar-refractivity contribution in [2.24, 2.45) is 0 Å². The first-order valence-corrected chi connectivity index (χ1v) is 9.01. The zero-order chi connectivity index (χ0) is 18.6. The SMILES string of the molecule is O=C(c1ccc(COc2ccccc2)o1)N(Cc1ccc(F)cc1)C1CC1. The maximum Gasteiger partial charge on any atom is 0.290 e. The lowest BCUT2D eigenvalue weighted by Gasteiger charge is -2.21. The summed E-state index contributed by atoms with van der Waals surface area (Å²) >= 11 is 0. The second kappa shape index (κ2) is 7.66. The number of benzene rings is 2. The lowest BCUT2D eigenvalue weighted by molar-refractivity contribution is 0.0693. The molecule has 4 rings (SSSR count). The van der Waals surface area contributed by atoms with Gasteiger partial charge in [-0.25, -0.2) is 4.39 Å². The minimum atomic E-state index is -0.280. The van der Waals surface area contributed by atoms with Gasteiger partial charge in [0, 0.05) is 12.6 Å². The molecule has 0 atom stereocenters. The van der Waals surface area contributed by atoms with E-state index in [-0.39, 0.29) is 24.4 Å². The average molecular weight is 365 g/mol. The molecule has 0 saturated heterocycles. The van der Waals surface area contributed by atoms with Gasteiger partial charge in [0.1, 0.15) is 23.9 Å². The minimum Gasteiger partial charge on any atom is -0.486 e. The van der Waals surface area contributed by atoms with E-state index in [9.17, 15) is 9.18 Å². The van der Waals surface area contributed by atoms with Gasteiger partial charge in [0.25, 0.3) is 5.91 Å². The van der Waals surface area contributed by atoms with Crippen molar-refractivity contribution in [1.29, 1.82) is 0 Å². The molecule has 0 spiro atoms. The standard InChI is InChI=1S/C22H20FNO3/c23-17-8-6-16(7-9-17)14-24(18-10-11-18)22(25)21-13-12-20(27-21)15-26-19-4-2-1-3-5-19/h1-9,12-13,18H,10-11,14-15H2. The molecule has 2 aromatic carbocycles. The molecule has 0 radical (unpaired) electrons. The number of carbonyl (C=O) groups excluding carboxylic acids is 1. The quantitative estimate of drug-likeness (QED) is 0.604. The summed E-state index contributed by atoms with van der Waals surface area (Å²) < 4.78 is 24.5. The van der Waals surface area contributed by atoms with Crippen molar-refractivity contribution in [3.63, 3.8) is 0 Å². The van der Waals surface area contributed by atoms with Crippen LogP contribution < -0.4 is 4.74 Å². The first-order valence-electron chi connectivity index (χ1n) is 9.01. The van der Waals surface area contributed by atoms with Gasteiger partial charge in [0.15, 0.2) is 5.76 Å². The van der Waals surface area contributed by atoms with Crippen molar-refractivity contribution in [3.8, 4) is 5.75 Å². The number of rotatable bonds is 7. The molecule has 27 heavy (non-hydrogen) atoms. The van der Waals surface area contributed by atoms with Gasteiger partial charge in [-0.3, -0.25) is 4.79 Å². The Morgan fingerprint density at radius 2 is 1.78 bits per heavy atom. The van der Waals surface area contributed by atoms with E-state index in [4.69, 9.17) is 9.15 Å². The highest BCUT2D eigenvalue weighted by Crippen LogP contribution is 2.30. The predicted octanol–water partition coefficient (Wildman–Crippen LogP) is 4.80.